The molecule has 0 heterocycles. The molecule has 0 aliphatic carbocycles. The van der Waals surface area contributed by atoms with Crippen LogP contribution in [0.5, 0.6) is 5.75 Å². The first-order chi connectivity index (χ1) is 12.0. The van der Waals surface area contributed by atoms with E-state index < -0.39 is 6.10 Å². The summed E-state index contributed by atoms with van der Waals surface area (Å²) in [6.45, 7) is 1.64. The Kier molecular flexibility index (Phi) is 7.45. The van der Waals surface area contributed by atoms with E-state index in [0.29, 0.717) is 28.6 Å². The van der Waals surface area contributed by atoms with Crippen LogP contribution in [0.2, 0.25) is 10.0 Å². The summed E-state index contributed by atoms with van der Waals surface area (Å²) in [5, 5.41) is 12.1. The molecule has 25 heavy (non-hydrogen) atoms. The molecule has 0 spiro atoms. The van der Waals surface area contributed by atoms with Gasteiger partial charge in [-0.25, -0.2) is 0 Å². The molecular formula is C18H16Cl2N2O2S. The molecule has 130 valence electrons. The summed E-state index contributed by atoms with van der Waals surface area (Å²) in [5.74, 6) is 0.714. The highest BCUT2D eigenvalue weighted by atomic mass is 35.5. The number of nitrogens with one attached hydrogen (secondary N) is 1. The minimum atomic E-state index is -0.756. The van der Waals surface area contributed by atoms with Crippen molar-refractivity contribution in [3.63, 3.8) is 0 Å². The molecule has 0 aliphatic heterocycles. The SMILES string of the molecule is CC(Oc1cccc(Cl)c1Cl)C(=O)Nc1ccccc1SCCC#N. The molecule has 1 unspecified atom stereocenters. The number of benzene rings is 2. The zero-order valence-electron chi connectivity index (χ0n) is 13.5. The van der Waals surface area contributed by atoms with Crippen molar-refractivity contribution in [3.8, 4) is 11.8 Å². The monoisotopic (exact) mass is 394 g/mol. The average molecular weight is 395 g/mol. The van der Waals surface area contributed by atoms with Crippen LogP contribution in [0.3, 0.4) is 0 Å². The highest BCUT2D eigenvalue weighted by Gasteiger charge is 2.18. The second kappa shape index (κ2) is 9.57. The van der Waals surface area contributed by atoms with Gasteiger partial charge in [-0.1, -0.05) is 41.4 Å². The first kappa shape index (κ1) is 19.5. The Hall–Kier alpha value is -1.87. The van der Waals surface area contributed by atoms with E-state index in [-0.39, 0.29) is 10.9 Å². The van der Waals surface area contributed by atoms with E-state index in [2.05, 4.69) is 11.4 Å². The van der Waals surface area contributed by atoms with Gasteiger partial charge in [-0.15, -0.1) is 11.8 Å². The van der Waals surface area contributed by atoms with E-state index in [4.69, 9.17) is 33.2 Å². The molecule has 0 fully saturated rings. The van der Waals surface area contributed by atoms with Crippen LogP contribution >= 0.6 is 35.0 Å². The number of carbonyl (C=O) groups is 1. The standard InChI is InChI=1S/C18H16Cl2N2O2S/c1-12(24-15-8-4-6-13(19)17(15)20)18(23)22-14-7-2-3-9-16(14)25-11-5-10-21/h2-4,6-9,12H,5,11H2,1H3,(H,22,23). The number of hydrogen-bond donors (Lipinski definition) is 1. The molecule has 0 bridgehead atoms. The molecule has 7 heteroatoms. The summed E-state index contributed by atoms with van der Waals surface area (Å²) in [6.07, 6.45) is -0.312. The third-order valence-electron chi connectivity index (χ3n) is 3.21. The molecule has 2 aromatic rings. The maximum Gasteiger partial charge on any atom is 0.265 e. The normalized spacial score (nSPS) is 11.4. The van der Waals surface area contributed by atoms with E-state index in [0.717, 1.165) is 4.90 Å². The number of nitriles is 1. The Morgan fingerprint density at radius 1 is 1.28 bits per heavy atom. The molecule has 0 radical (unpaired) electrons. The number of thioether (sulfide) groups is 1. The quantitative estimate of drug-likeness (QED) is 0.503. The topological polar surface area (TPSA) is 62.1 Å². The van der Waals surface area contributed by atoms with Gasteiger partial charge in [0.15, 0.2) is 6.10 Å². The number of halogens is 2. The van der Waals surface area contributed by atoms with Crippen LogP contribution in [-0.2, 0) is 4.79 Å². The number of hydrogen-bond acceptors (Lipinski definition) is 4. The molecule has 1 N–H and O–H groups in total. The first-order valence-corrected chi connectivity index (χ1v) is 9.27. The summed E-state index contributed by atoms with van der Waals surface area (Å²) >= 11 is 13.5. The van der Waals surface area contributed by atoms with Crippen molar-refractivity contribution in [1.82, 2.24) is 0 Å². The maximum absolute atomic E-state index is 12.4. The number of para-hydroxylation sites is 1. The summed E-state index contributed by atoms with van der Waals surface area (Å²) in [7, 11) is 0. The van der Waals surface area contributed by atoms with Crippen LogP contribution in [0.25, 0.3) is 0 Å². The molecule has 2 rings (SSSR count). The Morgan fingerprint density at radius 2 is 2.04 bits per heavy atom. The van der Waals surface area contributed by atoms with Crippen molar-refractivity contribution < 1.29 is 9.53 Å². The van der Waals surface area contributed by atoms with Gasteiger partial charge in [0.05, 0.1) is 16.8 Å². The van der Waals surface area contributed by atoms with Crippen molar-refractivity contribution in [3.05, 3.63) is 52.5 Å². The predicted molar refractivity (Wildman–Crippen MR) is 103 cm³/mol. The van der Waals surface area contributed by atoms with Gasteiger partial charge in [-0.2, -0.15) is 5.26 Å². The van der Waals surface area contributed by atoms with E-state index in [1.54, 1.807) is 25.1 Å². The van der Waals surface area contributed by atoms with Gasteiger partial charge >= 0.3 is 0 Å². The summed E-state index contributed by atoms with van der Waals surface area (Å²) in [4.78, 5) is 13.3. The molecule has 0 saturated heterocycles. The molecule has 2 aromatic carbocycles. The van der Waals surface area contributed by atoms with E-state index in [1.807, 2.05) is 24.3 Å². The Balaban J connectivity index is 2.04. The third-order valence-corrected chi connectivity index (χ3v) is 5.08. The number of anilines is 1. The summed E-state index contributed by atoms with van der Waals surface area (Å²) < 4.78 is 5.62. The number of nitrogens with zero attached hydrogens (tertiary/aromatic N) is 1. The van der Waals surface area contributed by atoms with Crippen LogP contribution in [0.15, 0.2) is 47.4 Å². The van der Waals surface area contributed by atoms with Crippen molar-refractivity contribution in [2.75, 3.05) is 11.1 Å². The van der Waals surface area contributed by atoms with Gasteiger partial charge in [-0.05, 0) is 31.2 Å². The van der Waals surface area contributed by atoms with E-state index in [1.165, 1.54) is 11.8 Å². The Morgan fingerprint density at radius 3 is 2.80 bits per heavy atom. The predicted octanol–water partition coefficient (Wildman–Crippen LogP) is 5.41. The molecule has 1 amide bonds. The lowest BCUT2D eigenvalue weighted by atomic mass is 10.3. The smallest absolute Gasteiger partial charge is 0.265 e. The molecule has 0 saturated carbocycles. The van der Waals surface area contributed by atoms with Crippen molar-refractivity contribution >= 4 is 46.6 Å². The largest absolute Gasteiger partial charge is 0.479 e. The number of carbonyl (C=O) groups excluding carboxylic acids is 1. The lowest BCUT2D eigenvalue weighted by Gasteiger charge is -2.17. The lowest BCUT2D eigenvalue weighted by Crippen LogP contribution is -2.30. The van der Waals surface area contributed by atoms with Gasteiger partial charge in [0.25, 0.3) is 5.91 Å². The van der Waals surface area contributed by atoms with E-state index >= 15 is 0 Å². The zero-order chi connectivity index (χ0) is 18.2. The summed E-state index contributed by atoms with van der Waals surface area (Å²) in [6, 6.07) is 14.5. The molecule has 0 aliphatic rings. The molecule has 0 aromatic heterocycles. The summed E-state index contributed by atoms with van der Waals surface area (Å²) in [5.41, 5.74) is 0.683. The van der Waals surface area contributed by atoms with Crippen LogP contribution in [0.1, 0.15) is 13.3 Å². The minimum absolute atomic E-state index is 0.274. The van der Waals surface area contributed by atoms with Gasteiger partial charge in [0.2, 0.25) is 0 Å². The van der Waals surface area contributed by atoms with Crippen LogP contribution in [-0.4, -0.2) is 17.8 Å². The Bertz CT molecular complexity index is 793. The molecular weight excluding hydrogens is 379 g/mol. The van der Waals surface area contributed by atoms with Crippen LogP contribution < -0.4 is 10.1 Å². The van der Waals surface area contributed by atoms with Crippen molar-refractivity contribution in [1.29, 1.82) is 5.26 Å². The first-order valence-electron chi connectivity index (χ1n) is 7.53. The number of ether oxygens (including phenoxy) is 1. The van der Waals surface area contributed by atoms with Crippen LogP contribution in [0, 0.1) is 11.3 Å². The highest BCUT2D eigenvalue weighted by molar-refractivity contribution is 7.99. The molecule has 4 nitrogen and oxygen atoms in total. The third kappa shape index (κ3) is 5.57. The van der Waals surface area contributed by atoms with Crippen molar-refractivity contribution in [2.24, 2.45) is 0 Å². The van der Waals surface area contributed by atoms with Gasteiger partial charge in [0, 0.05) is 17.1 Å². The highest BCUT2D eigenvalue weighted by Crippen LogP contribution is 2.32. The number of rotatable bonds is 7. The lowest BCUT2D eigenvalue weighted by molar-refractivity contribution is -0.122. The zero-order valence-corrected chi connectivity index (χ0v) is 15.8. The van der Waals surface area contributed by atoms with Crippen molar-refractivity contribution in [2.45, 2.75) is 24.3 Å². The fourth-order valence-corrected chi connectivity index (χ4v) is 3.15. The maximum atomic E-state index is 12.4. The minimum Gasteiger partial charge on any atom is -0.479 e. The number of amides is 1. The fourth-order valence-electron chi connectivity index (χ4n) is 1.96. The second-order valence-corrected chi connectivity index (χ2v) is 6.98. The second-order valence-electron chi connectivity index (χ2n) is 5.05. The van der Waals surface area contributed by atoms with Gasteiger partial charge in [0.1, 0.15) is 10.8 Å². The fraction of sp³-hybridized carbons (Fsp3) is 0.222. The Labute approximate surface area is 161 Å². The average Bonchev–Trinajstić information content (AvgIpc) is 2.60. The van der Waals surface area contributed by atoms with Gasteiger partial charge in [-0.3, -0.25) is 4.79 Å². The van der Waals surface area contributed by atoms with Gasteiger partial charge < -0.3 is 10.1 Å². The van der Waals surface area contributed by atoms with Crippen LogP contribution in [0.4, 0.5) is 5.69 Å². The molecule has 1 atom stereocenters. The van der Waals surface area contributed by atoms with E-state index in [9.17, 15) is 4.79 Å².